The Morgan fingerprint density at radius 3 is 2.35 bits per heavy atom. The lowest BCUT2D eigenvalue weighted by Gasteiger charge is -2.40. The van der Waals surface area contributed by atoms with Crippen LogP contribution in [0.5, 0.6) is 0 Å². The van der Waals surface area contributed by atoms with E-state index in [2.05, 4.69) is 5.32 Å². The van der Waals surface area contributed by atoms with Gasteiger partial charge in [0.1, 0.15) is 24.4 Å². The van der Waals surface area contributed by atoms with Gasteiger partial charge in [-0.3, -0.25) is 4.79 Å². The van der Waals surface area contributed by atoms with E-state index in [1.54, 1.807) is 13.8 Å². The van der Waals surface area contributed by atoms with Gasteiger partial charge in [-0.2, -0.15) is 0 Å². The van der Waals surface area contributed by atoms with Gasteiger partial charge in [-0.15, -0.1) is 0 Å². The Bertz CT molecular complexity index is 272. The lowest BCUT2D eigenvalue weighted by Crippen LogP contribution is -2.64. The fraction of sp³-hybridized carbons (Fsp3) is 0.900. The van der Waals surface area contributed by atoms with Gasteiger partial charge in [0, 0.05) is 5.92 Å². The number of aliphatic hydroxyl groups is 4. The summed E-state index contributed by atoms with van der Waals surface area (Å²) >= 11 is 0. The average Bonchev–Trinajstić information content (AvgIpc) is 2.28. The second-order valence-electron chi connectivity index (χ2n) is 4.42. The van der Waals surface area contributed by atoms with Crippen molar-refractivity contribution in [1.29, 1.82) is 0 Å². The van der Waals surface area contributed by atoms with Crippen LogP contribution >= 0.6 is 0 Å². The van der Waals surface area contributed by atoms with Crippen LogP contribution in [0.15, 0.2) is 0 Å². The molecule has 0 aromatic heterocycles. The molecule has 0 aliphatic carbocycles. The smallest absolute Gasteiger partial charge is 0.223 e. The first kappa shape index (κ1) is 14.3. The zero-order valence-corrected chi connectivity index (χ0v) is 9.78. The summed E-state index contributed by atoms with van der Waals surface area (Å²) < 4.78 is 4.89. The van der Waals surface area contributed by atoms with E-state index in [1.165, 1.54) is 0 Å². The Balaban J connectivity index is 2.69. The summed E-state index contributed by atoms with van der Waals surface area (Å²) in [6.07, 6.45) is -5.28. The summed E-state index contributed by atoms with van der Waals surface area (Å²) in [4.78, 5) is 11.4. The zero-order chi connectivity index (χ0) is 13.2. The molecule has 5 atom stereocenters. The highest BCUT2D eigenvalue weighted by Crippen LogP contribution is 2.19. The van der Waals surface area contributed by atoms with E-state index in [1.807, 2.05) is 0 Å². The third kappa shape index (κ3) is 3.14. The second kappa shape index (κ2) is 5.74. The fourth-order valence-corrected chi connectivity index (χ4v) is 1.58. The van der Waals surface area contributed by atoms with Crippen molar-refractivity contribution in [3.05, 3.63) is 0 Å². The van der Waals surface area contributed by atoms with Gasteiger partial charge in [0.25, 0.3) is 0 Å². The third-order valence-electron chi connectivity index (χ3n) is 2.73. The molecular weight excluding hydrogens is 230 g/mol. The molecule has 100 valence electrons. The van der Waals surface area contributed by atoms with Gasteiger partial charge in [0.2, 0.25) is 5.91 Å². The highest BCUT2D eigenvalue weighted by atomic mass is 16.6. The molecule has 5 N–H and O–H groups in total. The van der Waals surface area contributed by atoms with Crippen molar-refractivity contribution in [2.75, 3.05) is 6.61 Å². The lowest BCUT2D eigenvalue weighted by atomic mass is 9.96. The van der Waals surface area contributed by atoms with Crippen molar-refractivity contribution in [1.82, 2.24) is 5.32 Å². The van der Waals surface area contributed by atoms with Crippen LogP contribution in [0.1, 0.15) is 13.8 Å². The predicted molar refractivity (Wildman–Crippen MR) is 56.7 cm³/mol. The Kier molecular flexibility index (Phi) is 4.84. The molecule has 1 amide bonds. The maximum absolute atomic E-state index is 11.4. The SMILES string of the molecule is CC(C)C(=O)N[C@H]1C(O)OC(CO)[C@@H](O)[C@@H]1O. The lowest BCUT2D eigenvalue weighted by molar-refractivity contribution is -0.254. The summed E-state index contributed by atoms with van der Waals surface area (Å²) in [5, 5.41) is 40.1. The Hall–Kier alpha value is -0.730. The Labute approximate surface area is 99.0 Å². The fourth-order valence-electron chi connectivity index (χ4n) is 1.58. The second-order valence-corrected chi connectivity index (χ2v) is 4.42. The van der Waals surface area contributed by atoms with Crippen LogP contribution in [0.4, 0.5) is 0 Å². The molecule has 1 rings (SSSR count). The number of nitrogens with one attached hydrogen (secondary N) is 1. The van der Waals surface area contributed by atoms with Gasteiger partial charge < -0.3 is 30.5 Å². The Morgan fingerprint density at radius 2 is 1.88 bits per heavy atom. The average molecular weight is 249 g/mol. The minimum atomic E-state index is -1.46. The van der Waals surface area contributed by atoms with Gasteiger partial charge in [0.15, 0.2) is 6.29 Å². The topological polar surface area (TPSA) is 119 Å². The molecule has 0 bridgehead atoms. The first-order chi connectivity index (χ1) is 7.88. The summed E-state index contributed by atoms with van der Waals surface area (Å²) in [6.45, 7) is 2.79. The minimum Gasteiger partial charge on any atom is -0.394 e. The van der Waals surface area contributed by atoms with E-state index >= 15 is 0 Å². The van der Waals surface area contributed by atoms with Crippen LogP contribution in [0, 0.1) is 5.92 Å². The maximum Gasteiger partial charge on any atom is 0.223 e. The van der Waals surface area contributed by atoms with E-state index in [0.29, 0.717) is 0 Å². The normalized spacial score (nSPS) is 38.2. The molecule has 1 fully saturated rings. The van der Waals surface area contributed by atoms with Crippen molar-refractivity contribution in [3.8, 4) is 0 Å². The molecule has 1 saturated heterocycles. The Morgan fingerprint density at radius 1 is 1.29 bits per heavy atom. The molecule has 0 aromatic carbocycles. The molecule has 0 aromatic rings. The number of amides is 1. The van der Waals surface area contributed by atoms with E-state index in [4.69, 9.17) is 9.84 Å². The zero-order valence-electron chi connectivity index (χ0n) is 9.78. The van der Waals surface area contributed by atoms with Gasteiger partial charge in [0.05, 0.1) is 6.61 Å². The molecule has 1 aliphatic rings. The minimum absolute atomic E-state index is 0.317. The summed E-state index contributed by atoms with van der Waals surface area (Å²) in [7, 11) is 0. The molecule has 2 unspecified atom stereocenters. The number of hydrogen-bond acceptors (Lipinski definition) is 6. The van der Waals surface area contributed by atoms with Gasteiger partial charge in [-0.05, 0) is 0 Å². The van der Waals surface area contributed by atoms with Crippen molar-refractivity contribution in [2.24, 2.45) is 5.92 Å². The van der Waals surface area contributed by atoms with E-state index in [-0.39, 0.29) is 11.8 Å². The van der Waals surface area contributed by atoms with Gasteiger partial charge in [-0.25, -0.2) is 0 Å². The van der Waals surface area contributed by atoms with E-state index in [9.17, 15) is 20.1 Å². The monoisotopic (exact) mass is 249 g/mol. The molecule has 0 saturated carbocycles. The molecule has 1 aliphatic heterocycles. The summed E-state index contributed by atoms with van der Waals surface area (Å²) in [5.74, 6) is -0.687. The van der Waals surface area contributed by atoms with Crippen LogP contribution in [-0.4, -0.2) is 63.6 Å². The van der Waals surface area contributed by atoms with Crippen molar-refractivity contribution in [3.63, 3.8) is 0 Å². The standard InChI is InChI=1S/C10H19NO6/c1-4(2)9(15)11-6-8(14)7(13)5(3-12)17-10(6)16/h4-8,10,12-14,16H,3H2,1-2H3,(H,11,15)/t5?,6-,7-,8-,10?/m1/s1. The molecule has 17 heavy (non-hydrogen) atoms. The predicted octanol–water partition coefficient (Wildman–Crippen LogP) is -2.44. The number of hydrogen-bond donors (Lipinski definition) is 5. The molecule has 0 spiro atoms. The maximum atomic E-state index is 11.4. The van der Waals surface area contributed by atoms with Crippen molar-refractivity contribution >= 4 is 5.91 Å². The molecule has 7 heteroatoms. The number of carbonyl (C=O) groups excluding carboxylic acids is 1. The van der Waals surface area contributed by atoms with E-state index in [0.717, 1.165) is 0 Å². The van der Waals surface area contributed by atoms with Crippen LogP contribution in [-0.2, 0) is 9.53 Å². The number of carbonyl (C=O) groups is 1. The van der Waals surface area contributed by atoms with Crippen LogP contribution < -0.4 is 5.32 Å². The first-order valence-electron chi connectivity index (χ1n) is 5.49. The van der Waals surface area contributed by atoms with Gasteiger partial charge >= 0.3 is 0 Å². The van der Waals surface area contributed by atoms with Crippen LogP contribution in [0.2, 0.25) is 0 Å². The number of ether oxygens (including phenoxy) is 1. The van der Waals surface area contributed by atoms with Crippen molar-refractivity contribution in [2.45, 2.75) is 44.5 Å². The van der Waals surface area contributed by atoms with Crippen LogP contribution in [0.25, 0.3) is 0 Å². The molecule has 7 nitrogen and oxygen atoms in total. The third-order valence-corrected chi connectivity index (χ3v) is 2.73. The summed E-state index contributed by atoms with van der Waals surface area (Å²) in [6, 6.07) is -1.11. The van der Waals surface area contributed by atoms with Crippen molar-refractivity contribution < 1.29 is 30.0 Å². The molecule has 0 radical (unpaired) electrons. The van der Waals surface area contributed by atoms with Crippen LogP contribution in [0.3, 0.4) is 0 Å². The summed E-state index contributed by atoms with van der Waals surface area (Å²) in [5.41, 5.74) is 0. The number of aliphatic hydroxyl groups excluding tert-OH is 4. The highest BCUT2D eigenvalue weighted by Gasteiger charge is 2.44. The first-order valence-corrected chi connectivity index (χ1v) is 5.49. The quantitative estimate of drug-likeness (QED) is 0.379. The van der Waals surface area contributed by atoms with Gasteiger partial charge in [-0.1, -0.05) is 13.8 Å². The van der Waals surface area contributed by atoms with E-state index < -0.39 is 37.3 Å². The number of rotatable bonds is 3. The largest absolute Gasteiger partial charge is 0.394 e. The highest BCUT2D eigenvalue weighted by molar-refractivity contribution is 5.78. The molecule has 1 heterocycles. The molecular formula is C10H19NO6.